The van der Waals surface area contributed by atoms with Crippen molar-refractivity contribution < 1.29 is 0 Å². The van der Waals surface area contributed by atoms with Crippen molar-refractivity contribution in [3.8, 4) is 39.9 Å². The molecule has 0 fully saturated rings. The van der Waals surface area contributed by atoms with Gasteiger partial charge in [0.1, 0.15) is 0 Å². The molecule has 0 radical (unpaired) electrons. The van der Waals surface area contributed by atoms with Gasteiger partial charge in [0.25, 0.3) is 0 Å². The first-order chi connectivity index (χ1) is 29.7. The molecule has 4 nitrogen and oxygen atoms in total. The average molecular weight is 781 g/mol. The van der Waals surface area contributed by atoms with E-state index >= 15 is 0 Å². The fraction of sp³-hybridized carbons (Fsp3) is 0. The summed E-state index contributed by atoms with van der Waals surface area (Å²) in [6.45, 7) is 0. The number of thiophene rings is 1. The molecule has 3 heterocycles. The van der Waals surface area contributed by atoms with Crippen LogP contribution in [0.5, 0.6) is 0 Å². The molecule has 13 aromatic rings. The Morgan fingerprint density at radius 3 is 1.48 bits per heavy atom. The number of aromatic nitrogens is 4. The minimum Gasteiger partial charge on any atom is -0.309 e. The van der Waals surface area contributed by atoms with Gasteiger partial charge >= 0.3 is 0 Å². The van der Waals surface area contributed by atoms with Crippen LogP contribution in [-0.4, -0.2) is 19.5 Å². The van der Waals surface area contributed by atoms with E-state index in [1.165, 1.54) is 69.6 Å². The molecule has 0 aliphatic heterocycles. The fourth-order valence-electron chi connectivity index (χ4n) is 9.24. The van der Waals surface area contributed by atoms with Crippen molar-refractivity contribution in [3.05, 3.63) is 194 Å². The van der Waals surface area contributed by atoms with Gasteiger partial charge in [-0.25, -0.2) is 15.0 Å². The lowest BCUT2D eigenvalue weighted by atomic mass is 10.0. The van der Waals surface area contributed by atoms with E-state index in [-0.39, 0.29) is 0 Å². The summed E-state index contributed by atoms with van der Waals surface area (Å²) in [5, 5.41) is 14.4. The van der Waals surface area contributed by atoms with Crippen LogP contribution in [0.4, 0.5) is 0 Å². The number of benzene rings is 10. The summed E-state index contributed by atoms with van der Waals surface area (Å²) >= 11 is 1.82. The molecule has 3 aromatic heterocycles. The molecular weight excluding hydrogens is 749 g/mol. The van der Waals surface area contributed by atoms with Gasteiger partial charge in [0.05, 0.1) is 16.7 Å². The van der Waals surface area contributed by atoms with Crippen LogP contribution in [0.2, 0.25) is 0 Å². The maximum Gasteiger partial charge on any atom is 0.165 e. The zero-order valence-electron chi connectivity index (χ0n) is 32.2. The third-order valence-corrected chi connectivity index (χ3v) is 13.3. The van der Waals surface area contributed by atoms with Crippen LogP contribution in [-0.2, 0) is 0 Å². The Balaban J connectivity index is 1.12. The van der Waals surface area contributed by atoms with Gasteiger partial charge in [-0.3, -0.25) is 0 Å². The lowest BCUT2D eigenvalue weighted by Crippen LogP contribution is -2.01. The Hall–Kier alpha value is -7.73. The third-order valence-electron chi connectivity index (χ3n) is 12.1. The first-order valence-electron chi connectivity index (χ1n) is 20.3. The monoisotopic (exact) mass is 780 g/mol. The molecule has 0 unspecified atom stereocenters. The number of hydrogen-bond donors (Lipinski definition) is 0. The van der Waals surface area contributed by atoms with E-state index in [1.54, 1.807) is 0 Å². The molecule has 0 N–H and O–H groups in total. The summed E-state index contributed by atoms with van der Waals surface area (Å²) in [7, 11) is 0. The highest BCUT2D eigenvalue weighted by Gasteiger charge is 2.23. The highest BCUT2D eigenvalue weighted by Crippen LogP contribution is 2.46. The standard InChI is InChI=1S/C55H32N4S/c1-3-13-35-27-41(23-21-33(35)11-1)53-56-54(42-24-22-34-12-2-4-14-36(34)28-42)58-55(57-53)44-25-26-48(51-46-30-38-16-6-8-18-40(38)32-50(46)60-52(44)51)59-47-20-10-9-19-43(47)45-29-37-15-5-7-17-39(37)31-49(45)59/h1-32H. The van der Waals surface area contributed by atoms with Gasteiger partial charge in [-0.2, -0.15) is 0 Å². The number of nitrogens with zero attached hydrogens (tertiary/aromatic N) is 4. The van der Waals surface area contributed by atoms with Crippen molar-refractivity contribution in [1.29, 1.82) is 0 Å². The van der Waals surface area contributed by atoms with Crippen LogP contribution in [0.25, 0.3) is 125 Å². The molecule has 5 heteroatoms. The Labute approximate surface area is 348 Å². The molecule has 13 rings (SSSR count). The van der Waals surface area contributed by atoms with Crippen molar-refractivity contribution in [2.24, 2.45) is 0 Å². The van der Waals surface area contributed by atoms with Crippen molar-refractivity contribution in [3.63, 3.8) is 0 Å². The molecule has 10 aromatic carbocycles. The lowest BCUT2D eigenvalue weighted by molar-refractivity contribution is 1.08. The smallest absolute Gasteiger partial charge is 0.165 e. The zero-order valence-corrected chi connectivity index (χ0v) is 33.0. The van der Waals surface area contributed by atoms with Gasteiger partial charge in [0, 0.05) is 47.6 Å². The Morgan fingerprint density at radius 1 is 0.350 bits per heavy atom. The van der Waals surface area contributed by atoms with Crippen molar-refractivity contribution in [2.75, 3.05) is 0 Å². The van der Waals surface area contributed by atoms with Crippen molar-refractivity contribution in [1.82, 2.24) is 19.5 Å². The van der Waals surface area contributed by atoms with E-state index in [2.05, 4.69) is 199 Å². The zero-order chi connectivity index (χ0) is 39.3. The number of hydrogen-bond acceptors (Lipinski definition) is 4. The van der Waals surface area contributed by atoms with Gasteiger partial charge in [-0.1, -0.05) is 140 Å². The largest absolute Gasteiger partial charge is 0.309 e. The summed E-state index contributed by atoms with van der Waals surface area (Å²) < 4.78 is 4.84. The van der Waals surface area contributed by atoms with Gasteiger partial charge in [-0.05, 0) is 97.7 Å². The van der Waals surface area contributed by atoms with Crippen LogP contribution >= 0.6 is 11.3 Å². The maximum atomic E-state index is 5.35. The highest BCUT2D eigenvalue weighted by atomic mass is 32.1. The van der Waals surface area contributed by atoms with E-state index in [4.69, 9.17) is 15.0 Å². The van der Waals surface area contributed by atoms with Crippen LogP contribution < -0.4 is 0 Å². The van der Waals surface area contributed by atoms with E-state index in [9.17, 15) is 0 Å². The van der Waals surface area contributed by atoms with Gasteiger partial charge < -0.3 is 4.57 Å². The van der Waals surface area contributed by atoms with E-state index < -0.39 is 0 Å². The van der Waals surface area contributed by atoms with Crippen LogP contribution in [0.15, 0.2) is 194 Å². The van der Waals surface area contributed by atoms with E-state index in [0.717, 1.165) is 37.9 Å². The summed E-state index contributed by atoms with van der Waals surface area (Å²) in [6.07, 6.45) is 0. The molecule has 0 atom stereocenters. The van der Waals surface area contributed by atoms with Gasteiger partial charge in [-0.15, -0.1) is 11.3 Å². The summed E-state index contributed by atoms with van der Waals surface area (Å²) in [5.74, 6) is 1.94. The molecule has 0 saturated heterocycles. The number of para-hydroxylation sites is 1. The van der Waals surface area contributed by atoms with Crippen LogP contribution in [0.3, 0.4) is 0 Å². The van der Waals surface area contributed by atoms with Crippen LogP contribution in [0, 0.1) is 0 Å². The normalized spacial score (nSPS) is 12.0. The van der Waals surface area contributed by atoms with Gasteiger partial charge in [0.15, 0.2) is 17.5 Å². The summed E-state index contributed by atoms with van der Waals surface area (Å²) in [6, 6.07) is 69.9. The minimum atomic E-state index is 0.646. The predicted octanol–water partition coefficient (Wildman–Crippen LogP) is 15.0. The average Bonchev–Trinajstić information content (AvgIpc) is 3.84. The molecule has 278 valence electrons. The third kappa shape index (κ3) is 5.13. The van der Waals surface area contributed by atoms with Crippen LogP contribution in [0.1, 0.15) is 0 Å². The van der Waals surface area contributed by atoms with E-state index in [0.29, 0.717) is 17.5 Å². The molecule has 0 aliphatic carbocycles. The predicted molar refractivity (Wildman–Crippen MR) is 253 cm³/mol. The van der Waals surface area contributed by atoms with E-state index in [1.807, 2.05) is 11.3 Å². The molecular formula is C55H32N4S. The second kappa shape index (κ2) is 12.9. The summed E-state index contributed by atoms with van der Waals surface area (Å²) in [5.41, 5.74) is 6.38. The Kier molecular flexibility index (Phi) is 7.14. The molecule has 0 amide bonds. The lowest BCUT2D eigenvalue weighted by Gasteiger charge is -2.14. The van der Waals surface area contributed by atoms with Crippen molar-refractivity contribution >= 4 is 96.4 Å². The first kappa shape index (κ1) is 33.3. The van der Waals surface area contributed by atoms with Crippen molar-refractivity contribution in [2.45, 2.75) is 0 Å². The summed E-state index contributed by atoms with van der Waals surface area (Å²) in [4.78, 5) is 15.9. The number of rotatable bonds is 4. The molecule has 0 saturated carbocycles. The molecule has 0 spiro atoms. The first-order valence-corrected chi connectivity index (χ1v) is 21.1. The highest BCUT2D eigenvalue weighted by molar-refractivity contribution is 7.26. The second-order valence-electron chi connectivity index (χ2n) is 15.6. The molecule has 0 aliphatic rings. The topological polar surface area (TPSA) is 43.6 Å². The molecule has 0 bridgehead atoms. The SMILES string of the molecule is c1ccc2cc(-c3nc(-c4ccc5ccccc5c4)nc(-c4ccc(-n5c6ccccc6c6cc7ccccc7cc65)c5c4sc4cc6ccccc6cc45)n3)ccc2c1. The number of fused-ring (bicyclic) bond motifs is 10. The second-order valence-corrected chi connectivity index (χ2v) is 16.7. The Bertz CT molecular complexity index is 3820. The molecule has 60 heavy (non-hydrogen) atoms. The minimum absolute atomic E-state index is 0.646. The van der Waals surface area contributed by atoms with Gasteiger partial charge in [0.2, 0.25) is 0 Å². The maximum absolute atomic E-state index is 5.35. The fourth-order valence-corrected chi connectivity index (χ4v) is 10.5. The Morgan fingerprint density at radius 2 is 0.850 bits per heavy atom. The quantitative estimate of drug-likeness (QED) is 0.179.